The minimum absolute atomic E-state index is 0.0961. The number of methoxy groups -OCH3 is 1. The van der Waals surface area contributed by atoms with Crippen LogP contribution in [-0.4, -0.2) is 31.3 Å². The zero-order chi connectivity index (χ0) is 15.9. The van der Waals surface area contributed by atoms with Gasteiger partial charge >= 0.3 is 5.97 Å². The van der Waals surface area contributed by atoms with E-state index in [1.807, 2.05) is 45.0 Å². The average Bonchev–Trinajstić information content (AvgIpc) is 2.46. The zero-order valence-electron chi connectivity index (χ0n) is 13.7. The van der Waals surface area contributed by atoms with Crippen molar-refractivity contribution in [3.63, 3.8) is 0 Å². The summed E-state index contributed by atoms with van der Waals surface area (Å²) in [6, 6.07) is 7.91. The zero-order valence-corrected chi connectivity index (χ0v) is 13.7. The first-order valence-electron chi connectivity index (χ1n) is 7.48. The molecule has 4 heteroatoms. The summed E-state index contributed by atoms with van der Waals surface area (Å²) >= 11 is 0. The molecule has 118 valence electrons. The van der Waals surface area contributed by atoms with Crippen LogP contribution in [0.4, 0.5) is 0 Å². The highest BCUT2D eigenvalue weighted by atomic mass is 16.5. The van der Waals surface area contributed by atoms with Gasteiger partial charge in [-0.1, -0.05) is 24.6 Å². The molecule has 0 radical (unpaired) electrons. The van der Waals surface area contributed by atoms with Gasteiger partial charge in [-0.25, -0.2) is 0 Å². The van der Waals surface area contributed by atoms with E-state index in [0.29, 0.717) is 6.42 Å². The molecule has 4 nitrogen and oxygen atoms in total. The standard InChI is InChI=1S/C17H27NO3/c1-6-11-18-17(4,16(19)20-5)12-14(3)21-15-9-7-13(2)8-10-15/h7-10,14,18H,6,11-12H2,1-5H3. The summed E-state index contributed by atoms with van der Waals surface area (Å²) in [4.78, 5) is 12.0. The molecule has 0 bridgehead atoms. The first-order valence-corrected chi connectivity index (χ1v) is 7.48. The van der Waals surface area contributed by atoms with Crippen LogP contribution < -0.4 is 10.1 Å². The lowest BCUT2D eigenvalue weighted by Crippen LogP contribution is -2.52. The molecule has 21 heavy (non-hydrogen) atoms. The smallest absolute Gasteiger partial charge is 0.325 e. The van der Waals surface area contributed by atoms with E-state index in [9.17, 15) is 4.79 Å². The average molecular weight is 293 g/mol. The Morgan fingerprint density at radius 2 is 1.95 bits per heavy atom. The van der Waals surface area contributed by atoms with Crippen LogP contribution >= 0.6 is 0 Å². The van der Waals surface area contributed by atoms with Crippen LogP contribution in [0, 0.1) is 6.92 Å². The fourth-order valence-electron chi connectivity index (χ4n) is 2.32. The Kier molecular flexibility index (Phi) is 6.69. The SMILES string of the molecule is CCCNC(C)(CC(C)Oc1ccc(C)cc1)C(=O)OC. The minimum atomic E-state index is -0.727. The molecule has 1 rings (SSSR count). The normalized spacial score (nSPS) is 15.1. The van der Waals surface area contributed by atoms with Crippen LogP contribution in [-0.2, 0) is 9.53 Å². The lowest BCUT2D eigenvalue weighted by molar-refractivity contribution is -0.149. The van der Waals surface area contributed by atoms with Gasteiger partial charge in [0, 0.05) is 6.42 Å². The van der Waals surface area contributed by atoms with E-state index < -0.39 is 5.54 Å². The van der Waals surface area contributed by atoms with E-state index in [1.54, 1.807) is 0 Å². The van der Waals surface area contributed by atoms with Crippen LogP contribution in [0.5, 0.6) is 5.75 Å². The van der Waals surface area contributed by atoms with Gasteiger partial charge < -0.3 is 14.8 Å². The Balaban J connectivity index is 2.68. The Labute approximate surface area is 127 Å². The number of carbonyl (C=O) groups is 1. The van der Waals surface area contributed by atoms with Gasteiger partial charge in [-0.3, -0.25) is 4.79 Å². The molecule has 0 saturated heterocycles. The Morgan fingerprint density at radius 3 is 2.48 bits per heavy atom. The number of hydrogen-bond acceptors (Lipinski definition) is 4. The predicted molar refractivity (Wildman–Crippen MR) is 84.6 cm³/mol. The van der Waals surface area contributed by atoms with Gasteiger partial charge in [-0.15, -0.1) is 0 Å². The molecule has 0 amide bonds. The molecular formula is C17H27NO3. The molecule has 1 aromatic carbocycles. The van der Waals surface area contributed by atoms with E-state index in [1.165, 1.54) is 12.7 Å². The van der Waals surface area contributed by atoms with Crippen molar-refractivity contribution in [2.24, 2.45) is 0 Å². The first kappa shape index (κ1) is 17.5. The van der Waals surface area contributed by atoms with E-state index in [2.05, 4.69) is 12.2 Å². The molecule has 0 saturated carbocycles. The fraction of sp³-hybridized carbons (Fsp3) is 0.588. The van der Waals surface area contributed by atoms with Crippen LogP contribution in [0.1, 0.15) is 39.2 Å². The number of hydrogen-bond donors (Lipinski definition) is 1. The maximum Gasteiger partial charge on any atom is 0.325 e. The minimum Gasteiger partial charge on any atom is -0.491 e. The number of aryl methyl sites for hydroxylation is 1. The summed E-state index contributed by atoms with van der Waals surface area (Å²) < 4.78 is 10.8. The van der Waals surface area contributed by atoms with E-state index >= 15 is 0 Å². The first-order chi connectivity index (χ1) is 9.91. The molecule has 1 N–H and O–H groups in total. The van der Waals surface area contributed by atoms with Gasteiger partial charge in [0.1, 0.15) is 11.3 Å². The van der Waals surface area contributed by atoms with E-state index in [0.717, 1.165) is 18.7 Å². The quantitative estimate of drug-likeness (QED) is 0.748. The van der Waals surface area contributed by atoms with Crippen molar-refractivity contribution >= 4 is 5.97 Å². The van der Waals surface area contributed by atoms with Crippen LogP contribution in [0.2, 0.25) is 0 Å². The van der Waals surface area contributed by atoms with Crippen LogP contribution in [0.15, 0.2) is 24.3 Å². The van der Waals surface area contributed by atoms with Gasteiger partial charge in [0.2, 0.25) is 0 Å². The molecule has 0 aliphatic heterocycles. The number of ether oxygens (including phenoxy) is 2. The maximum absolute atomic E-state index is 12.0. The van der Waals surface area contributed by atoms with Crippen molar-refractivity contribution < 1.29 is 14.3 Å². The lowest BCUT2D eigenvalue weighted by atomic mass is 9.94. The van der Waals surface area contributed by atoms with Gasteiger partial charge in [-0.2, -0.15) is 0 Å². The van der Waals surface area contributed by atoms with Gasteiger partial charge in [-0.05, 0) is 45.9 Å². The molecule has 0 aliphatic rings. The third-order valence-corrected chi connectivity index (χ3v) is 3.46. The molecule has 0 spiro atoms. The number of nitrogens with one attached hydrogen (secondary N) is 1. The van der Waals surface area contributed by atoms with Crippen molar-refractivity contribution in [2.45, 2.75) is 52.2 Å². The number of rotatable bonds is 8. The van der Waals surface area contributed by atoms with Crippen LogP contribution in [0.25, 0.3) is 0 Å². The summed E-state index contributed by atoms with van der Waals surface area (Å²) in [5.41, 5.74) is 0.466. The molecule has 0 heterocycles. The van der Waals surface area contributed by atoms with Gasteiger partial charge in [0.15, 0.2) is 0 Å². The summed E-state index contributed by atoms with van der Waals surface area (Å²) in [5.74, 6) is 0.561. The second-order valence-electron chi connectivity index (χ2n) is 5.70. The molecule has 0 aliphatic carbocycles. The third-order valence-electron chi connectivity index (χ3n) is 3.46. The topological polar surface area (TPSA) is 47.6 Å². The molecule has 1 aromatic rings. The van der Waals surface area contributed by atoms with Crippen molar-refractivity contribution in [2.75, 3.05) is 13.7 Å². The van der Waals surface area contributed by atoms with Gasteiger partial charge in [0.25, 0.3) is 0 Å². The number of esters is 1. The van der Waals surface area contributed by atoms with Gasteiger partial charge in [0.05, 0.1) is 13.2 Å². The van der Waals surface area contributed by atoms with Crippen molar-refractivity contribution in [1.82, 2.24) is 5.32 Å². The summed E-state index contributed by atoms with van der Waals surface area (Å²) in [6.45, 7) is 8.70. The summed E-state index contributed by atoms with van der Waals surface area (Å²) in [6.07, 6.45) is 1.41. The molecule has 2 atom stereocenters. The third kappa shape index (κ3) is 5.38. The highest BCUT2D eigenvalue weighted by molar-refractivity contribution is 5.80. The highest BCUT2D eigenvalue weighted by Crippen LogP contribution is 2.20. The Bertz CT molecular complexity index is 444. The summed E-state index contributed by atoms with van der Waals surface area (Å²) in [7, 11) is 1.42. The van der Waals surface area contributed by atoms with Crippen molar-refractivity contribution in [3.05, 3.63) is 29.8 Å². The maximum atomic E-state index is 12.0. The second-order valence-corrected chi connectivity index (χ2v) is 5.70. The number of carbonyl (C=O) groups excluding carboxylic acids is 1. The number of benzene rings is 1. The largest absolute Gasteiger partial charge is 0.491 e. The summed E-state index contributed by atoms with van der Waals surface area (Å²) in [5, 5.41) is 3.27. The lowest BCUT2D eigenvalue weighted by Gasteiger charge is -2.30. The molecule has 2 unspecified atom stereocenters. The Morgan fingerprint density at radius 1 is 1.33 bits per heavy atom. The molecular weight excluding hydrogens is 266 g/mol. The fourth-order valence-corrected chi connectivity index (χ4v) is 2.32. The highest BCUT2D eigenvalue weighted by Gasteiger charge is 2.35. The van der Waals surface area contributed by atoms with Crippen LogP contribution in [0.3, 0.4) is 0 Å². The van der Waals surface area contributed by atoms with E-state index in [-0.39, 0.29) is 12.1 Å². The molecule has 0 aromatic heterocycles. The second kappa shape index (κ2) is 8.03. The van der Waals surface area contributed by atoms with Crippen molar-refractivity contribution in [3.8, 4) is 5.75 Å². The van der Waals surface area contributed by atoms with Crippen molar-refractivity contribution in [1.29, 1.82) is 0 Å². The predicted octanol–water partition coefficient (Wildman–Crippen LogP) is 3.08. The molecule has 0 fully saturated rings. The van der Waals surface area contributed by atoms with E-state index in [4.69, 9.17) is 9.47 Å². The Hall–Kier alpha value is -1.55. The monoisotopic (exact) mass is 293 g/mol.